The van der Waals surface area contributed by atoms with Crippen molar-refractivity contribution >= 4 is 5.97 Å². The van der Waals surface area contributed by atoms with Crippen molar-refractivity contribution in [1.29, 1.82) is 0 Å². The monoisotopic (exact) mass is 490 g/mol. The standard InChI is InChI=1S/C19H38O14/c1-33-19(32)18(31)17(30)16(29)15(28)14(27)13(26)12(25)11(24)10(23)9(22)8(21)6-4-2-3-5-7-20/h8-18,20-31H,2-7H2,1H3. The maximum absolute atomic E-state index is 11.2. The van der Waals surface area contributed by atoms with Gasteiger partial charge < -0.3 is 66.0 Å². The van der Waals surface area contributed by atoms with E-state index in [-0.39, 0.29) is 13.0 Å². The van der Waals surface area contributed by atoms with Gasteiger partial charge in [0.15, 0.2) is 6.10 Å². The first-order valence-electron chi connectivity index (χ1n) is 10.5. The van der Waals surface area contributed by atoms with Crippen LogP contribution in [0.15, 0.2) is 0 Å². The second-order valence-electron chi connectivity index (χ2n) is 7.88. The summed E-state index contributed by atoms with van der Waals surface area (Å²) in [6.07, 6.45) is -22.6. The van der Waals surface area contributed by atoms with Crippen LogP contribution in [0.1, 0.15) is 32.1 Å². The van der Waals surface area contributed by atoms with E-state index >= 15 is 0 Å². The van der Waals surface area contributed by atoms with Crippen molar-refractivity contribution < 1.29 is 70.8 Å². The van der Waals surface area contributed by atoms with E-state index in [0.717, 1.165) is 7.11 Å². The van der Waals surface area contributed by atoms with Crippen LogP contribution in [0.25, 0.3) is 0 Å². The van der Waals surface area contributed by atoms with Gasteiger partial charge in [-0.3, -0.25) is 0 Å². The zero-order valence-electron chi connectivity index (χ0n) is 18.3. The number of aliphatic hydroxyl groups is 12. The fraction of sp³-hybridized carbons (Fsp3) is 0.947. The largest absolute Gasteiger partial charge is 0.467 e. The van der Waals surface area contributed by atoms with Gasteiger partial charge in [-0.1, -0.05) is 19.3 Å². The van der Waals surface area contributed by atoms with E-state index in [1.165, 1.54) is 0 Å². The van der Waals surface area contributed by atoms with Crippen LogP contribution in [0, 0.1) is 0 Å². The lowest BCUT2D eigenvalue weighted by Crippen LogP contribution is -2.59. The third-order valence-electron chi connectivity index (χ3n) is 5.37. The lowest BCUT2D eigenvalue weighted by atomic mass is 9.89. The molecule has 0 aromatic carbocycles. The predicted molar refractivity (Wildman–Crippen MR) is 108 cm³/mol. The Bertz CT molecular complexity index is 537. The Hall–Kier alpha value is -1.01. The van der Waals surface area contributed by atoms with Crippen molar-refractivity contribution in [3.05, 3.63) is 0 Å². The summed E-state index contributed by atoms with van der Waals surface area (Å²) in [4.78, 5) is 11.2. The third-order valence-corrected chi connectivity index (χ3v) is 5.37. The first kappa shape index (κ1) is 32.0. The third kappa shape index (κ3) is 9.64. The number of rotatable bonds is 17. The first-order chi connectivity index (χ1) is 15.3. The number of carbonyl (C=O) groups is 1. The number of esters is 1. The topological polar surface area (TPSA) is 269 Å². The molecule has 14 heteroatoms. The van der Waals surface area contributed by atoms with Gasteiger partial charge in [-0.15, -0.1) is 0 Å². The number of unbranched alkanes of at least 4 members (excludes halogenated alkanes) is 3. The normalized spacial score (nSPS) is 22.2. The maximum Gasteiger partial charge on any atom is 0.337 e. The highest BCUT2D eigenvalue weighted by Crippen LogP contribution is 2.19. The first-order valence-corrected chi connectivity index (χ1v) is 10.5. The summed E-state index contributed by atoms with van der Waals surface area (Å²) in [6.45, 7) is 0.0126. The lowest BCUT2D eigenvalue weighted by molar-refractivity contribution is -0.198. The molecule has 0 aromatic rings. The Morgan fingerprint density at radius 1 is 0.576 bits per heavy atom. The highest BCUT2D eigenvalue weighted by molar-refractivity contribution is 5.75. The van der Waals surface area contributed by atoms with Crippen LogP contribution >= 0.6 is 0 Å². The molecule has 0 aliphatic heterocycles. The summed E-state index contributed by atoms with van der Waals surface area (Å²) in [5, 5.41) is 118. The van der Waals surface area contributed by atoms with Crippen LogP contribution in [-0.2, 0) is 9.53 Å². The van der Waals surface area contributed by atoms with E-state index in [1.807, 2.05) is 0 Å². The van der Waals surface area contributed by atoms with E-state index in [0.29, 0.717) is 25.7 Å². The van der Waals surface area contributed by atoms with E-state index in [4.69, 9.17) is 5.11 Å². The minimum absolute atomic E-state index is 0.0126. The van der Waals surface area contributed by atoms with Gasteiger partial charge >= 0.3 is 5.97 Å². The van der Waals surface area contributed by atoms with E-state index in [1.54, 1.807) is 0 Å². The molecule has 0 heterocycles. The molecule has 0 radical (unpaired) electrons. The molecule has 0 aliphatic rings. The Labute approximate surface area is 190 Å². The minimum atomic E-state index is -2.47. The second-order valence-corrected chi connectivity index (χ2v) is 7.88. The van der Waals surface area contributed by atoms with Gasteiger partial charge in [-0.05, 0) is 12.8 Å². The molecular weight excluding hydrogens is 452 g/mol. The van der Waals surface area contributed by atoms with Crippen LogP contribution in [0.2, 0.25) is 0 Å². The molecule has 0 aromatic heterocycles. The molecule has 14 nitrogen and oxygen atoms in total. The van der Waals surface area contributed by atoms with Gasteiger partial charge in [0.1, 0.15) is 54.9 Å². The molecule has 0 saturated heterocycles. The van der Waals surface area contributed by atoms with Gasteiger partial charge in [0.2, 0.25) is 0 Å². The molecule has 0 bridgehead atoms. The zero-order chi connectivity index (χ0) is 25.9. The Balaban J connectivity index is 4.94. The summed E-state index contributed by atoms with van der Waals surface area (Å²) in [5.41, 5.74) is 0. The Morgan fingerprint density at radius 3 is 1.33 bits per heavy atom. The number of carbonyl (C=O) groups excluding carboxylic acids is 1. The molecule has 0 rings (SSSR count). The smallest absolute Gasteiger partial charge is 0.337 e. The number of methoxy groups -OCH3 is 1. The number of hydrogen-bond donors (Lipinski definition) is 12. The zero-order valence-corrected chi connectivity index (χ0v) is 18.3. The summed E-state index contributed by atoms with van der Waals surface area (Å²) in [6, 6.07) is 0. The minimum Gasteiger partial charge on any atom is -0.467 e. The molecule has 0 spiro atoms. The Morgan fingerprint density at radius 2 is 0.939 bits per heavy atom. The molecular formula is C19H38O14. The summed E-state index contributed by atoms with van der Waals surface area (Å²) < 4.78 is 4.14. The van der Waals surface area contributed by atoms with Gasteiger partial charge in [-0.2, -0.15) is 0 Å². The number of hydrogen-bond acceptors (Lipinski definition) is 14. The van der Waals surface area contributed by atoms with Crippen LogP contribution in [0.3, 0.4) is 0 Å². The lowest BCUT2D eigenvalue weighted by Gasteiger charge is -2.35. The second kappa shape index (κ2) is 15.8. The molecule has 0 fully saturated rings. The van der Waals surface area contributed by atoms with Crippen LogP contribution in [0.5, 0.6) is 0 Å². The highest BCUT2D eigenvalue weighted by atomic mass is 16.5. The van der Waals surface area contributed by atoms with Crippen molar-refractivity contribution in [3.8, 4) is 0 Å². The summed E-state index contributed by atoms with van der Waals surface area (Å²) >= 11 is 0. The van der Waals surface area contributed by atoms with E-state index in [9.17, 15) is 61.0 Å². The van der Waals surface area contributed by atoms with Gasteiger partial charge in [0.05, 0.1) is 13.2 Å². The van der Waals surface area contributed by atoms with Crippen molar-refractivity contribution in [3.63, 3.8) is 0 Å². The molecule has 0 amide bonds. The maximum atomic E-state index is 11.2. The highest BCUT2D eigenvalue weighted by Gasteiger charge is 2.44. The quantitative estimate of drug-likeness (QED) is 0.0668. The van der Waals surface area contributed by atoms with E-state index < -0.39 is 73.1 Å². The molecule has 0 saturated carbocycles. The van der Waals surface area contributed by atoms with Gasteiger partial charge in [0, 0.05) is 6.61 Å². The fourth-order valence-corrected chi connectivity index (χ4v) is 3.08. The molecule has 11 atom stereocenters. The Kier molecular flexibility index (Phi) is 15.3. The predicted octanol–water partition coefficient (Wildman–Crippen LogP) is -5.93. The fourth-order valence-electron chi connectivity index (χ4n) is 3.08. The average Bonchev–Trinajstić information content (AvgIpc) is 2.82. The molecule has 12 N–H and O–H groups in total. The molecule has 33 heavy (non-hydrogen) atoms. The van der Waals surface area contributed by atoms with Gasteiger partial charge in [0.25, 0.3) is 0 Å². The van der Waals surface area contributed by atoms with Crippen LogP contribution < -0.4 is 0 Å². The van der Waals surface area contributed by atoms with E-state index in [2.05, 4.69) is 4.74 Å². The summed E-state index contributed by atoms with van der Waals surface area (Å²) in [7, 11) is 0.866. The molecule has 11 unspecified atom stereocenters. The van der Waals surface area contributed by atoms with Crippen molar-refractivity contribution in [2.45, 2.75) is 99.2 Å². The van der Waals surface area contributed by atoms with Gasteiger partial charge in [-0.25, -0.2) is 4.79 Å². The van der Waals surface area contributed by atoms with Crippen molar-refractivity contribution in [2.75, 3.05) is 13.7 Å². The number of ether oxygens (including phenoxy) is 1. The number of aliphatic hydroxyl groups excluding tert-OH is 12. The van der Waals surface area contributed by atoms with Crippen molar-refractivity contribution in [1.82, 2.24) is 0 Å². The SMILES string of the molecule is COC(=O)C(O)C(O)C(O)C(O)C(O)C(O)C(O)C(O)C(O)C(O)C(O)CCCCCCO. The summed E-state index contributed by atoms with van der Waals surface area (Å²) in [5.74, 6) is -1.37. The molecule has 0 aliphatic carbocycles. The molecule has 198 valence electrons. The van der Waals surface area contributed by atoms with Crippen molar-refractivity contribution in [2.24, 2.45) is 0 Å². The van der Waals surface area contributed by atoms with Crippen LogP contribution in [-0.4, -0.2) is 148 Å². The average molecular weight is 490 g/mol. The van der Waals surface area contributed by atoms with Crippen LogP contribution in [0.4, 0.5) is 0 Å².